The van der Waals surface area contributed by atoms with E-state index in [0.29, 0.717) is 12.0 Å². The van der Waals surface area contributed by atoms with Gasteiger partial charge in [-0.25, -0.2) is 0 Å². The van der Waals surface area contributed by atoms with Crippen LogP contribution in [0.4, 0.5) is 5.69 Å². The van der Waals surface area contributed by atoms with Crippen LogP contribution in [0.2, 0.25) is 0 Å². The number of nitrogens with one attached hydrogen (secondary N) is 1. The molecule has 14 nitrogen and oxygen atoms in total. The largest absolute Gasteiger partial charge is 0.465 e. The Labute approximate surface area is 327 Å². The predicted molar refractivity (Wildman–Crippen MR) is 206 cm³/mol. The number of hydrogen-bond acceptors (Lipinski definition) is 12. The molecule has 55 heavy (non-hydrogen) atoms. The summed E-state index contributed by atoms with van der Waals surface area (Å²) < 4.78 is 30.5. The maximum Gasteiger partial charge on any atom is 0.313 e. The number of carbonyl (C=O) groups is 6. The van der Waals surface area contributed by atoms with Gasteiger partial charge < -0.3 is 33.9 Å². The highest BCUT2D eigenvalue weighted by Crippen LogP contribution is 2.39. The van der Waals surface area contributed by atoms with Gasteiger partial charge in [0.15, 0.2) is 18.4 Å². The fourth-order valence-electron chi connectivity index (χ4n) is 5.08. The number of anilines is 1. The Morgan fingerprint density at radius 2 is 1.13 bits per heavy atom. The number of hydrogen-bond donors (Lipinski definition) is 1. The summed E-state index contributed by atoms with van der Waals surface area (Å²) in [7, 11) is 3.71. The lowest BCUT2D eigenvalue weighted by Gasteiger charge is -2.49. The maximum absolute atomic E-state index is 14.3. The third-order valence-electron chi connectivity index (χ3n) is 8.40. The molecule has 1 N–H and O–H groups in total. The van der Waals surface area contributed by atoms with Gasteiger partial charge in [-0.3, -0.25) is 33.7 Å². The summed E-state index contributed by atoms with van der Waals surface area (Å²) in [4.78, 5) is 85.0. The third-order valence-corrected chi connectivity index (χ3v) is 8.40. The fourth-order valence-corrected chi connectivity index (χ4v) is 5.08. The molecule has 1 aliphatic rings. The van der Waals surface area contributed by atoms with Crippen molar-refractivity contribution < 1.29 is 52.5 Å². The summed E-state index contributed by atoms with van der Waals surface area (Å²) in [5.41, 5.74) is -3.78. The van der Waals surface area contributed by atoms with Crippen LogP contribution < -0.4 is 10.2 Å². The van der Waals surface area contributed by atoms with Gasteiger partial charge in [0, 0.05) is 25.3 Å². The molecule has 14 heteroatoms. The lowest BCUT2D eigenvalue weighted by molar-refractivity contribution is -0.312. The van der Waals surface area contributed by atoms with Crippen molar-refractivity contribution in [2.75, 3.05) is 25.6 Å². The molecule has 0 radical (unpaired) electrons. The standard InChI is InChI=1S/C41H65N3O11/c1-37(2,3)33(47)51-22-26-28(52-34(48)38(4,5)6)29(53-35(49)39(7,8)9)31(54-32(26)55-36(50)40(10,11)12)44(23-45)27(30(46)42-41(13,14)15)24-18-20-25(21-19-24)43(16)17/h18-21,23,26-29,31-32H,22H2,1-17H3,(H,42,46)/t26-,27-,28+,29-,31-,32-/m1/s1. The van der Waals surface area contributed by atoms with Crippen LogP contribution in [0.1, 0.15) is 115 Å². The third kappa shape index (κ3) is 12.9. The van der Waals surface area contributed by atoms with Crippen LogP contribution in [-0.2, 0) is 52.5 Å². The number of rotatable bonds is 11. The average molecular weight is 776 g/mol. The first-order valence-electron chi connectivity index (χ1n) is 18.6. The van der Waals surface area contributed by atoms with Gasteiger partial charge in [0.05, 0.1) is 27.6 Å². The first-order chi connectivity index (χ1) is 24.8. The second-order valence-electron chi connectivity index (χ2n) is 19.5. The van der Waals surface area contributed by atoms with Gasteiger partial charge in [-0.05, 0) is 122 Å². The van der Waals surface area contributed by atoms with Crippen LogP contribution in [0.15, 0.2) is 24.3 Å². The van der Waals surface area contributed by atoms with Gasteiger partial charge in [-0.1, -0.05) is 12.1 Å². The average Bonchev–Trinajstić information content (AvgIpc) is 3.01. The Morgan fingerprint density at radius 3 is 1.53 bits per heavy atom. The molecule has 1 aromatic rings. The van der Waals surface area contributed by atoms with Crippen LogP contribution in [0.5, 0.6) is 0 Å². The van der Waals surface area contributed by atoms with Crippen molar-refractivity contribution in [3.63, 3.8) is 0 Å². The van der Waals surface area contributed by atoms with Crippen LogP contribution in [0, 0.1) is 27.6 Å². The van der Waals surface area contributed by atoms with Crippen LogP contribution in [0.25, 0.3) is 0 Å². The van der Waals surface area contributed by atoms with Gasteiger partial charge in [0.2, 0.25) is 18.6 Å². The number of ether oxygens (including phenoxy) is 5. The van der Waals surface area contributed by atoms with E-state index in [1.54, 1.807) is 128 Å². The molecule has 0 saturated carbocycles. The smallest absolute Gasteiger partial charge is 0.313 e. The Morgan fingerprint density at radius 1 is 0.691 bits per heavy atom. The lowest BCUT2D eigenvalue weighted by atomic mass is 9.89. The zero-order valence-corrected chi connectivity index (χ0v) is 35.9. The second-order valence-corrected chi connectivity index (χ2v) is 19.5. The highest BCUT2D eigenvalue weighted by atomic mass is 16.7. The summed E-state index contributed by atoms with van der Waals surface area (Å²) >= 11 is 0. The van der Waals surface area contributed by atoms with E-state index in [0.717, 1.165) is 10.6 Å². The molecule has 0 aromatic heterocycles. The van der Waals surface area contributed by atoms with Crippen LogP contribution >= 0.6 is 0 Å². The molecule has 1 heterocycles. The number of amides is 2. The highest BCUT2D eigenvalue weighted by molar-refractivity contribution is 5.86. The van der Waals surface area contributed by atoms with Crippen molar-refractivity contribution in [3.05, 3.63) is 29.8 Å². The van der Waals surface area contributed by atoms with Crippen molar-refractivity contribution in [2.24, 2.45) is 27.6 Å². The molecule has 2 amide bonds. The van der Waals surface area contributed by atoms with E-state index in [-0.39, 0.29) is 0 Å². The topological polar surface area (TPSA) is 167 Å². The minimum atomic E-state index is -1.70. The molecule has 310 valence electrons. The summed E-state index contributed by atoms with van der Waals surface area (Å²) in [5.74, 6) is -4.71. The zero-order chi connectivity index (χ0) is 42.6. The van der Waals surface area contributed by atoms with Crippen molar-refractivity contribution in [3.8, 4) is 0 Å². The Hall–Kier alpha value is -4.20. The zero-order valence-electron chi connectivity index (χ0n) is 35.9. The maximum atomic E-state index is 14.3. The SMILES string of the molecule is CN(C)c1ccc([C@H](C(=O)NC(C)(C)C)N(C=O)[C@@H]2O[C@H](OC(=O)C(C)(C)C)[C@H](COC(=O)C(C)(C)C)[C@H](OC(=O)C(C)(C)C)[C@H]2OC(=O)C(C)(C)C)cc1. The molecule has 6 atom stereocenters. The summed E-state index contributed by atoms with van der Waals surface area (Å²) in [6.45, 7) is 24.4. The second kappa shape index (κ2) is 17.3. The van der Waals surface area contributed by atoms with Crippen LogP contribution in [-0.4, -0.2) is 92.1 Å². The van der Waals surface area contributed by atoms with Gasteiger partial charge >= 0.3 is 23.9 Å². The molecule has 0 bridgehead atoms. The normalized spacial score (nSPS) is 21.4. The molecule has 0 aliphatic carbocycles. The predicted octanol–water partition coefficient (Wildman–Crippen LogP) is 5.56. The molecule has 2 rings (SSSR count). The fraction of sp³-hybridized carbons (Fsp3) is 0.707. The minimum Gasteiger partial charge on any atom is -0.465 e. The molecule has 0 unspecified atom stereocenters. The Kier molecular flexibility index (Phi) is 14.8. The van der Waals surface area contributed by atoms with Crippen LogP contribution in [0.3, 0.4) is 0 Å². The number of nitrogens with zero attached hydrogens (tertiary/aromatic N) is 2. The van der Waals surface area contributed by atoms with E-state index < -0.39 is 100 Å². The van der Waals surface area contributed by atoms with Gasteiger partial charge in [-0.15, -0.1) is 0 Å². The summed E-state index contributed by atoms with van der Waals surface area (Å²) in [6, 6.07) is 5.51. The molecule has 1 aromatic carbocycles. The number of esters is 4. The summed E-state index contributed by atoms with van der Waals surface area (Å²) in [6.07, 6.45) is -6.13. The molecule has 1 fully saturated rings. The Bertz CT molecular complexity index is 1540. The molecule has 1 aliphatic heterocycles. The molecule has 1 saturated heterocycles. The highest BCUT2D eigenvalue weighted by Gasteiger charge is 2.57. The van der Waals surface area contributed by atoms with E-state index in [2.05, 4.69) is 5.32 Å². The van der Waals surface area contributed by atoms with Crippen molar-refractivity contribution in [1.29, 1.82) is 0 Å². The lowest BCUT2D eigenvalue weighted by Crippen LogP contribution is -2.66. The van der Waals surface area contributed by atoms with Gasteiger partial charge in [0.1, 0.15) is 12.6 Å². The molecule has 0 spiro atoms. The first-order valence-corrected chi connectivity index (χ1v) is 18.6. The number of carbonyl (C=O) groups excluding carboxylic acids is 6. The van der Waals surface area contributed by atoms with Crippen molar-refractivity contribution in [2.45, 2.75) is 140 Å². The quantitative estimate of drug-likeness (QED) is 0.169. The minimum absolute atomic E-state index is 0.372. The number of benzene rings is 1. The van der Waals surface area contributed by atoms with Crippen molar-refractivity contribution >= 4 is 41.9 Å². The summed E-state index contributed by atoms with van der Waals surface area (Å²) in [5, 5.41) is 2.93. The van der Waals surface area contributed by atoms with E-state index >= 15 is 0 Å². The molecular weight excluding hydrogens is 710 g/mol. The van der Waals surface area contributed by atoms with E-state index in [1.807, 2.05) is 19.0 Å². The monoisotopic (exact) mass is 775 g/mol. The van der Waals surface area contributed by atoms with E-state index in [4.69, 9.17) is 23.7 Å². The first kappa shape index (κ1) is 47.0. The van der Waals surface area contributed by atoms with E-state index in [1.165, 1.54) is 0 Å². The van der Waals surface area contributed by atoms with Crippen molar-refractivity contribution in [1.82, 2.24) is 10.2 Å². The molecular formula is C41H65N3O11. The van der Waals surface area contributed by atoms with Gasteiger partial charge in [-0.2, -0.15) is 0 Å². The van der Waals surface area contributed by atoms with E-state index in [9.17, 15) is 28.8 Å². The Balaban J connectivity index is 3.03. The van der Waals surface area contributed by atoms with Gasteiger partial charge in [0.25, 0.3) is 0 Å².